The van der Waals surface area contributed by atoms with E-state index in [2.05, 4.69) is 51.2 Å². The highest BCUT2D eigenvalue weighted by Gasteiger charge is 2.23. The molecule has 0 unspecified atom stereocenters. The number of aromatic amines is 1. The van der Waals surface area contributed by atoms with E-state index in [9.17, 15) is 4.79 Å². The molecule has 1 fully saturated rings. The molecule has 3 heterocycles. The highest BCUT2D eigenvalue weighted by atomic mass is 35.5. The number of para-hydroxylation sites is 1. The number of piperazine rings is 1. The van der Waals surface area contributed by atoms with Crippen LogP contribution in [0.4, 0.5) is 0 Å². The Kier molecular flexibility index (Phi) is 7.18. The topological polar surface area (TPSA) is 68.6 Å². The van der Waals surface area contributed by atoms with E-state index in [0.717, 1.165) is 48.7 Å². The van der Waals surface area contributed by atoms with Gasteiger partial charge < -0.3 is 19.2 Å². The minimum absolute atomic E-state index is 0.0591. The van der Waals surface area contributed by atoms with Crippen LogP contribution >= 0.6 is 11.6 Å². The Morgan fingerprint density at radius 3 is 2.66 bits per heavy atom. The van der Waals surface area contributed by atoms with Gasteiger partial charge in [0.1, 0.15) is 6.26 Å². The Balaban J connectivity index is 1.29. The Bertz CT molecular complexity index is 1270. The normalized spacial score (nSPS) is 14.8. The number of benzene rings is 2. The smallest absolute Gasteiger partial charge is 0.275 e. The first-order chi connectivity index (χ1) is 17.0. The molecule has 1 aliphatic rings. The fourth-order valence-corrected chi connectivity index (χ4v) is 4.65. The van der Waals surface area contributed by atoms with E-state index >= 15 is 0 Å². The van der Waals surface area contributed by atoms with Crippen molar-refractivity contribution < 1.29 is 9.21 Å². The maximum atomic E-state index is 12.9. The lowest BCUT2D eigenvalue weighted by Gasteiger charge is -2.31. The summed E-state index contributed by atoms with van der Waals surface area (Å²) in [7, 11) is 2.07. The molecule has 5 rings (SSSR count). The number of rotatable bonds is 8. The maximum Gasteiger partial charge on any atom is 0.275 e. The molecule has 1 aliphatic heterocycles. The van der Waals surface area contributed by atoms with Crippen LogP contribution in [-0.4, -0.2) is 70.3 Å². The summed E-state index contributed by atoms with van der Waals surface area (Å²) >= 11 is 6.09. The molecule has 0 spiro atoms. The second-order valence-corrected chi connectivity index (χ2v) is 9.61. The summed E-state index contributed by atoms with van der Waals surface area (Å²) in [5, 5.41) is 1.97. The molecule has 0 atom stereocenters. The molecule has 0 radical (unpaired) electrons. The van der Waals surface area contributed by atoms with E-state index in [-0.39, 0.29) is 5.91 Å². The maximum absolute atomic E-state index is 12.9. The first-order valence-electron chi connectivity index (χ1n) is 12.0. The zero-order chi connectivity index (χ0) is 24.2. The zero-order valence-corrected chi connectivity index (χ0v) is 20.7. The highest BCUT2D eigenvalue weighted by molar-refractivity contribution is 6.30. The van der Waals surface area contributed by atoms with E-state index in [1.807, 2.05) is 35.2 Å². The highest BCUT2D eigenvalue weighted by Crippen LogP contribution is 2.20. The van der Waals surface area contributed by atoms with Gasteiger partial charge in [-0.3, -0.25) is 9.69 Å². The van der Waals surface area contributed by atoms with Crippen LogP contribution < -0.4 is 0 Å². The van der Waals surface area contributed by atoms with Crippen molar-refractivity contribution >= 4 is 28.4 Å². The van der Waals surface area contributed by atoms with Crippen LogP contribution in [0.5, 0.6) is 0 Å². The van der Waals surface area contributed by atoms with Gasteiger partial charge in [-0.05, 0) is 42.8 Å². The van der Waals surface area contributed by atoms with Gasteiger partial charge in [-0.1, -0.05) is 41.9 Å². The fourth-order valence-electron chi connectivity index (χ4n) is 4.52. The van der Waals surface area contributed by atoms with Crippen molar-refractivity contribution in [2.45, 2.75) is 19.5 Å². The molecule has 1 N–H and O–H groups in total. The van der Waals surface area contributed by atoms with Gasteiger partial charge in [0.2, 0.25) is 5.89 Å². The first kappa shape index (κ1) is 23.6. The average Bonchev–Trinajstić information content (AvgIpc) is 3.51. The average molecular weight is 492 g/mol. The molecule has 2 aromatic carbocycles. The number of aromatic nitrogens is 2. The van der Waals surface area contributed by atoms with Crippen LogP contribution in [0.2, 0.25) is 5.02 Å². The van der Waals surface area contributed by atoms with E-state index < -0.39 is 0 Å². The third-order valence-corrected chi connectivity index (χ3v) is 6.86. The van der Waals surface area contributed by atoms with Gasteiger partial charge in [0.25, 0.3) is 5.91 Å². The van der Waals surface area contributed by atoms with Gasteiger partial charge in [0.05, 0.1) is 6.54 Å². The third kappa shape index (κ3) is 5.75. The van der Waals surface area contributed by atoms with Crippen molar-refractivity contribution in [3.63, 3.8) is 0 Å². The van der Waals surface area contributed by atoms with Crippen LogP contribution in [0, 0.1) is 0 Å². The molecule has 0 saturated carbocycles. The summed E-state index contributed by atoms with van der Waals surface area (Å²) in [6.45, 7) is 5.23. The van der Waals surface area contributed by atoms with E-state index in [4.69, 9.17) is 16.0 Å². The summed E-state index contributed by atoms with van der Waals surface area (Å²) in [5.74, 6) is 0.492. The van der Waals surface area contributed by atoms with Crippen LogP contribution in [0.25, 0.3) is 10.9 Å². The second kappa shape index (κ2) is 10.6. The van der Waals surface area contributed by atoms with Crippen molar-refractivity contribution in [1.29, 1.82) is 0 Å². The Morgan fingerprint density at radius 2 is 1.86 bits per heavy atom. The number of fused-ring (bicyclic) bond motifs is 1. The number of likely N-dealkylation sites (N-methyl/N-ethyl adjacent to an activating group) is 1. The van der Waals surface area contributed by atoms with Crippen molar-refractivity contribution in [3.8, 4) is 0 Å². The lowest BCUT2D eigenvalue weighted by molar-refractivity contribution is 0.0658. The van der Waals surface area contributed by atoms with Crippen molar-refractivity contribution in [3.05, 3.63) is 88.7 Å². The fraction of sp³-hybridized carbons (Fsp3) is 0.333. The minimum Gasteiger partial charge on any atom is -0.447 e. The minimum atomic E-state index is -0.0591. The monoisotopic (exact) mass is 491 g/mol. The summed E-state index contributed by atoms with van der Waals surface area (Å²) in [6.07, 6.45) is 4.46. The van der Waals surface area contributed by atoms with Gasteiger partial charge in [-0.2, -0.15) is 0 Å². The predicted molar refractivity (Wildman–Crippen MR) is 137 cm³/mol. The summed E-state index contributed by atoms with van der Waals surface area (Å²) < 4.78 is 5.75. The van der Waals surface area contributed by atoms with Crippen molar-refractivity contribution in [2.24, 2.45) is 0 Å². The largest absolute Gasteiger partial charge is 0.447 e. The van der Waals surface area contributed by atoms with E-state index in [0.29, 0.717) is 31.2 Å². The second-order valence-electron chi connectivity index (χ2n) is 9.17. The van der Waals surface area contributed by atoms with E-state index in [1.165, 1.54) is 17.2 Å². The SMILES string of the molecule is CN1CCN(C(=O)c2coc(CN(CCc3c[nH]c4ccccc34)Cc3ccc(Cl)cc3)n2)CC1. The molecule has 1 saturated heterocycles. The van der Waals surface area contributed by atoms with Gasteiger partial charge in [0.15, 0.2) is 5.69 Å². The standard InChI is InChI=1S/C27H30ClN5O2/c1-31-12-14-33(15-13-31)27(34)25-19-35-26(30-25)18-32(17-20-6-8-22(28)9-7-20)11-10-21-16-29-24-5-3-2-4-23(21)24/h2-9,16,19,29H,10-15,17-18H2,1H3. The third-order valence-electron chi connectivity index (χ3n) is 6.61. The zero-order valence-electron chi connectivity index (χ0n) is 19.9. The number of H-pyrrole nitrogens is 1. The van der Waals surface area contributed by atoms with Gasteiger partial charge >= 0.3 is 0 Å². The number of carbonyl (C=O) groups excluding carboxylic acids is 1. The Morgan fingerprint density at radius 1 is 1.09 bits per heavy atom. The first-order valence-corrected chi connectivity index (χ1v) is 12.4. The number of nitrogens with zero attached hydrogens (tertiary/aromatic N) is 4. The summed E-state index contributed by atoms with van der Waals surface area (Å²) in [5.41, 5.74) is 3.97. The lowest BCUT2D eigenvalue weighted by Crippen LogP contribution is -2.47. The van der Waals surface area contributed by atoms with Crippen molar-refractivity contribution in [2.75, 3.05) is 39.8 Å². The predicted octanol–water partition coefficient (Wildman–Crippen LogP) is 4.44. The Hall–Kier alpha value is -3.13. The number of carbonyl (C=O) groups is 1. The van der Waals surface area contributed by atoms with E-state index in [1.54, 1.807) is 0 Å². The van der Waals surface area contributed by atoms with Crippen LogP contribution in [0.1, 0.15) is 27.5 Å². The molecule has 0 aliphatic carbocycles. The molecular weight excluding hydrogens is 462 g/mol. The molecule has 35 heavy (non-hydrogen) atoms. The number of halogens is 1. The molecule has 4 aromatic rings. The summed E-state index contributed by atoms with van der Waals surface area (Å²) in [6, 6.07) is 16.2. The van der Waals surface area contributed by atoms with Crippen LogP contribution in [0.3, 0.4) is 0 Å². The van der Waals surface area contributed by atoms with Gasteiger partial charge in [-0.15, -0.1) is 0 Å². The lowest BCUT2D eigenvalue weighted by atomic mass is 10.1. The molecule has 1 amide bonds. The van der Waals surface area contributed by atoms with Gasteiger partial charge in [0, 0.05) is 61.4 Å². The quantitative estimate of drug-likeness (QED) is 0.394. The molecule has 7 nitrogen and oxygen atoms in total. The number of amides is 1. The number of hydrogen-bond donors (Lipinski definition) is 1. The molecular formula is C27H30ClN5O2. The molecule has 8 heteroatoms. The molecule has 2 aromatic heterocycles. The van der Waals surface area contributed by atoms with Crippen molar-refractivity contribution in [1.82, 2.24) is 24.7 Å². The number of nitrogens with one attached hydrogen (secondary N) is 1. The summed E-state index contributed by atoms with van der Waals surface area (Å²) in [4.78, 5) is 27.2. The number of oxazole rings is 1. The van der Waals surface area contributed by atoms with Crippen LogP contribution in [0.15, 0.2) is 65.4 Å². The number of hydrogen-bond acceptors (Lipinski definition) is 5. The van der Waals surface area contributed by atoms with Gasteiger partial charge in [-0.25, -0.2) is 4.98 Å². The Labute approximate surface area is 210 Å². The van der Waals surface area contributed by atoms with Crippen LogP contribution in [-0.2, 0) is 19.5 Å². The molecule has 182 valence electrons. The molecule has 0 bridgehead atoms.